The second-order valence-corrected chi connectivity index (χ2v) is 3.40. The Bertz CT molecular complexity index is 269. The number of hydrogen-bond donors (Lipinski definition) is 1. The summed E-state index contributed by atoms with van der Waals surface area (Å²) in [6, 6.07) is 0. The number of anilines is 1. The van der Waals surface area contributed by atoms with E-state index in [0.29, 0.717) is 5.95 Å². The first-order chi connectivity index (χ1) is 6.34. The van der Waals surface area contributed by atoms with Gasteiger partial charge in [-0.05, 0) is 18.8 Å². The van der Waals surface area contributed by atoms with Gasteiger partial charge in [0.05, 0.1) is 12.4 Å². The lowest BCUT2D eigenvalue weighted by molar-refractivity contribution is 0.333. The largest absolute Gasteiger partial charge is 0.354 e. The van der Waals surface area contributed by atoms with Crippen LogP contribution in [-0.4, -0.2) is 16.5 Å². The summed E-state index contributed by atoms with van der Waals surface area (Å²) < 4.78 is 12.4. The Morgan fingerprint density at radius 1 is 1.38 bits per heavy atom. The van der Waals surface area contributed by atoms with Crippen LogP contribution >= 0.6 is 0 Å². The van der Waals surface area contributed by atoms with E-state index in [1.165, 1.54) is 31.7 Å². The zero-order valence-electron chi connectivity index (χ0n) is 7.33. The van der Waals surface area contributed by atoms with Crippen molar-refractivity contribution in [3.05, 3.63) is 18.2 Å². The highest BCUT2D eigenvalue weighted by molar-refractivity contribution is 5.22. The van der Waals surface area contributed by atoms with Gasteiger partial charge in [-0.25, -0.2) is 14.4 Å². The van der Waals surface area contributed by atoms with Crippen LogP contribution in [0.4, 0.5) is 10.3 Å². The minimum absolute atomic E-state index is 0.394. The highest BCUT2D eigenvalue weighted by Crippen LogP contribution is 2.25. The van der Waals surface area contributed by atoms with Crippen LogP contribution < -0.4 is 5.32 Å². The molecule has 13 heavy (non-hydrogen) atoms. The van der Waals surface area contributed by atoms with Crippen molar-refractivity contribution in [1.82, 2.24) is 9.97 Å². The van der Waals surface area contributed by atoms with Crippen LogP contribution in [0, 0.1) is 11.7 Å². The summed E-state index contributed by atoms with van der Waals surface area (Å²) in [5.41, 5.74) is 0. The smallest absolute Gasteiger partial charge is 0.222 e. The summed E-state index contributed by atoms with van der Waals surface area (Å²) in [6.45, 7) is 0.908. The molecular weight excluding hydrogens is 169 g/mol. The molecule has 2 rings (SSSR count). The van der Waals surface area contributed by atoms with E-state index in [4.69, 9.17) is 0 Å². The molecule has 1 fully saturated rings. The average molecular weight is 181 g/mol. The van der Waals surface area contributed by atoms with Gasteiger partial charge in [-0.3, -0.25) is 0 Å². The van der Waals surface area contributed by atoms with Gasteiger partial charge in [0.1, 0.15) is 0 Å². The molecule has 1 aromatic rings. The van der Waals surface area contributed by atoms with E-state index in [1.54, 1.807) is 0 Å². The highest BCUT2D eigenvalue weighted by Gasteiger charge is 2.16. The molecule has 1 saturated carbocycles. The summed E-state index contributed by atoms with van der Waals surface area (Å²) in [4.78, 5) is 7.62. The van der Waals surface area contributed by atoms with Gasteiger partial charge in [0, 0.05) is 6.54 Å². The Morgan fingerprint density at radius 2 is 2.08 bits per heavy atom. The van der Waals surface area contributed by atoms with Gasteiger partial charge in [0.25, 0.3) is 0 Å². The molecule has 1 aliphatic rings. The van der Waals surface area contributed by atoms with Gasteiger partial charge < -0.3 is 5.32 Å². The van der Waals surface area contributed by atoms with Gasteiger partial charge in [0.15, 0.2) is 5.82 Å². The maximum Gasteiger partial charge on any atom is 0.222 e. The number of rotatable bonds is 3. The fourth-order valence-corrected chi connectivity index (χ4v) is 1.34. The molecule has 70 valence electrons. The summed E-state index contributed by atoms with van der Waals surface area (Å²) in [5.74, 6) is 0.885. The Kier molecular flexibility index (Phi) is 2.38. The average Bonchev–Trinajstić information content (AvgIpc) is 2.05. The number of aromatic nitrogens is 2. The van der Waals surface area contributed by atoms with E-state index in [1.807, 2.05) is 0 Å². The second-order valence-electron chi connectivity index (χ2n) is 3.40. The maximum atomic E-state index is 12.4. The molecule has 1 heterocycles. The van der Waals surface area contributed by atoms with Crippen LogP contribution in [0.2, 0.25) is 0 Å². The van der Waals surface area contributed by atoms with Gasteiger partial charge in [-0.1, -0.05) is 6.42 Å². The summed E-state index contributed by atoms with van der Waals surface area (Å²) in [6.07, 6.45) is 6.26. The maximum absolute atomic E-state index is 12.4. The summed E-state index contributed by atoms with van der Waals surface area (Å²) >= 11 is 0. The number of hydrogen-bond acceptors (Lipinski definition) is 3. The molecule has 0 aromatic carbocycles. The third-order valence-corrected chi connectivity index (χ3v) is 2.39. The first kappa shape index (κ1) is 8.41. The molecule has 1 N–H and O–H groups in total. The highest BCUT2D eigenvalue weighted by atomic mass is 19.1. The second kappa shape index (κ2) is 3.68. The quantitative estimate of drug-likeness (QED) is 0.773. The first-order valence-electron chi connectivity index (χ1n) is 4.56. The Morgan fingerprint density at radius 3 is 2.62 bits per heavy atom. The van der Waals surface area contributed by atoms with E-state index in [9.17, 15) is 4.39 Å². The standard InChI is InChI=1S/C9H12FN3/c10-8-5-12-9(13-6-8)11-4-7-2-1-3-7/h5-7H,1-4H2,(H,11,12,13). The zero-order chi connectivity index (χ0) is 9.10. The fraction of sp³-hybridized carbons (Fsp3) is 0.556. The first-order valence-corrected chi connectivity index (χ1v) is 4.56. The molecule has 0 aliphatic heterocycles. The van der Waals surface area contributed by atoms with Crippen LogP contribution in [0.15, 0.2) is 12.4 Å². The van der Waals surface area contributed by atoms with Crippen molar-refractivity contribution >= 4 is 5.95 Å². The monoisotopic (exact) mass is 181 g/mol. The topological polar surface area (TPSA) is 37.8 Å². The zero-order valence-corrected chi connectivity index (χ0v) is 7.33. The van der Waals surface area contributed by atoms with Crippen molar-refractivity contribution in [1.29, 1.82) is 0 Å². The molecule has 0 saturated heterocycles. The Labute approximate surface area is 76.4 Å². The van der Waals surface area contributed by atoms with Crippen LogP contribution in [0.3, 0.4) is 0 Å². The number of nitrogens with zero attached hydrogens (tertiary/aromatic N) is 2. The van der Waals surface area contributed by atoms with E-state index >= 15 is 0 Å². The Balaban J connectivity index is 1.83. The number of nitrogens with one attached hydrogen (secondary N) is 1. The van der Waals surface area contributed by atoms with E-state index < -0.39 is 5.82 Å². The van der Waals surface area contributed by atoms with Crippen molar-refractivity contribution < 1.29 is 4.39 Å². The van der Waals surface area contributed by atoms with Crippen molar-refractivity contribution in [3.8, 4) is 0 Å². The summed E-state index contributed by atoms with van der Waals surface area (Å²) in [7, 11) is 0. The number of halogens is 1. The molecule has 0 radical (unpaired) electrons. The van der Waals surface area contributed by atoms with Crippen molar-refractivity contribution in [2.24, 2.45) is 5.92 Å². The molecule has 0 atom stereocenters. The summed E-state index contributed by atoms with van der Waals surface area (Å²) in [5, 5.41) is 3.08. The lowest BCUT2D eigenvalue weighted by atomic mass is 9.85. The molecule has 1 aromatic heterocycles. The molecule has 0 spiro atoms. The molecule has 0 unspecified atom stereocenters. The van der Waals surface area contributed by atoms with Crippen LogP contribution in [0.1, 0.15) is 19.3 Å². The predicted octanol–water partition coefficient (Wildman–Crippen LogP) is 1.83. The normalized spacial score (nSPS) is 16.7. The molecule has 1 aliphatic carbocycles. The predicted molar refractivity (Wildman–Crippen MR) is 47.8 cm³/mol. The van der Waals surface area contributed by atoms with Crippen molar-refractivity contribution in [3.63, 3.8) is 0 Å². The molecule has 0 bridgehead atoms. The van der Waals surface area contributed by atoms with Gasteiger partial charge >= 0.3 is 0 Å². The SMILES string of the molecule is Fc1cnc(NCC2CCC2)nc1. The Hall–Kier alpha value is -1.19. The van der Waals surface area contributed by atoms with E-state index in [-0.39, 0.29) is 0 Å². The van der Waals surface area contributed by atoms with Crippen LogP contribution in [0.5, 0.6) is 0 Å². The third kappa shape index (κ3) is 2.14. The molecule has 0 amide bonds. The van der Waals surface area contributed by atoms with E-state index in [0.717, 1.165) is 12.5 Å². The van der Waals surface area contributed by atoms with Gasteiger partial charge in [-0.15, -0.1) is 0 Å². The van der Waals surface area contributed by atoms with E-state index in [2.05, 4.69) is 15.3 Å². The minimum Gasteiger partial charge on any atom is -0.354 e. The molecule has 3 nitrogen and oxygen atoms in total. The fourth-order valence-electron chi connectivity index (χ4n) is 1.34. The molecule has 4 heteroatoms. The lowest BCUT2D eigenvalue weighted by Crippen LogP contribution is -2.21. The lowest BCUT2D eigenvalue weighted by Gasteiger charge is -2.25. The minimum atomic E-state index is -0.394. The van der Waals surface area contributed by atoms with Crippen molar-refractivity contribution in [2.45, 2.75) is 19.3 Å². The third-order valence-electron chi connectivity index (χ3n) is 2.39. The van der Waals surface area contributed by atoms with Crippen LogP contribution in [-0.2, 0) is 0 Å². The van der Waals surface area contributed by atoms with Crippen LogP contribution in [0.25, 0.3) is 0 Å². The van der Waals surface area contributed by atoms with Gasteiger partial charge in [0.2, 0.25) is 5.95 Å². The molecular formula is C9H12FN3. The van der Waals surface area contributed by atoms with Crippen molar-refractivity contribution in [2.75, 3.05) is 11.9 Å². The van der Waals surface area contributed by atoms with Gasteiger partial charge in [-0.2, -0.15) is 0 Å².